The zero-order valence-corrected chi connectivity index (χ0v) is 10.1. The van der Waals surface area contributed by atoms with E-state index in [4.69, 9.17) is 18.9 Å². The van der Waals surface area contributed by atoms with Crippen LogP contribution in [-0.2, 0) is 18.9 Å². The van der Waals surface area contributed by atoms with Gasteiger partial charge in [-0.05, 0) is 0 Å². The van der Waals surface area contributed by atoms with E-state index in [-0.39, 0.29) is 25.4 Å². The first-order valence-corrected chi connectivity index (χ1v) is 6.52. The number of epoxide rings is 2. The van der Waals surface area contributed by atoms with Crippen molar-refractivity contribution in [1.82, 2.24) is 0 Å². The number of hydrogen-bond acceptors (Lipinski definition) is 6. The summed E-state index contributed by atoms with van der Waals surface area (Å²) in [6, 6.07) is 0. The van der Waals surface area contributed by atoms with Crippen molar-refractivity contribution in [2.75, 3.05) is 26.4 Å². The van der Waals surface area contributed by atoms with Gasteiger partial charge < -0.3 is 29.2 Å². The number of aliphatic hydroxyl groups is 2. The third kappa shape index (κ3) is 1.64. The van der Waals surface area contributed by atoms with Crippen molar-refractivity contribution >= 4 is 0 Å². The highest BCUT2D eigenvalue weighted by molar-refractivity contribution is 5.16. The molecule has 102 valence electrons. The molecule has 0 aromatic rings. The van der Waals surface area contributed by atoms with E-state index in [1.165, 1.54) is 0 Å². The van der Waals surface area contributed by atoms with Gasteiger partial charge in [0.15, 0.2) is 0 Å². The maximum atomic E-state index is 10.7. The highest BCUT2D eigenvalue weighted by atomic mass is 16.6. The predicted octanol–water partition coefficient (Wildman–Crippen LogP) is -1.18. The molecule has 2 N–H and O–H groups in total. The van der Waals surface area contributed by atoms with Gasteiger partial charge in [0, 0.05) is 12.8 Å². The summed E-state index contributed by atoms with van der Waals surface area (Å²) in [5, 5.41) is 20.9. The Balaban J connectivity index is 1.58. The van der Waals surface area contributed by atoms with Crippen molar-refractivity contribution in [2.45, 2.75) is 48.5 Å². The van der Waals surface area contributed by atoms with Crippen molar-refractivity contribution in [3.05, 3.63) is 0 Å². The standard InChI is InChI=1S/C12H18O6/c13-9-5-17-10-11(14,1-7-3-15-7)6-18-12(9,10)2-8-4-16-8/h7-10,13-14H,1-6H2/t7?,8?,9-,10+,11+,12+/m0/s1. The second-order valence-electron chi connectivity index (χ2n) is 5.90. The first-order valence-electron chi connectivity index (χ1n) is 6.52. The van der Waals surface area contributed by atoms with Gasteiger partial charge in [-0.3, -0.25) is 0 Å². The van der Waals surface area contributed by atoms with Crippen LogP contribution in [0.1, 0.15) is 12.8 Å². The average molecular weight is 258 g/mol. The molecule has 4 rings (SSSR count). The smallest absolute Gasteiger partial charge is 0.128 e. The van der Waals surface area contributed by atoms with Gasteiger partial charge in [0.1, 0.15) is 23.4 Å². The number of aliphatic hydroxyl groups excluding tert-OH is 1. The molecular formula is C12H18O6. The molecule has 0 aliphatic carbocycles. The number of rotatable bonds is 4. The van der Waals surface area contributed by atoms with Crippen LogP contribution in [0, 0.1) is 0 Å². The summed E-state index contributed by atoms with van der Waals surface area (Å²) in [7, 11) is 0. The normalized spacial score (nSPS) is 57.7. The van der Waals surface area contributed by atoms with Crippen LogP contribution in [0.4, 0.5) is 0 Å². The summed E-state index contributed by atoms with van der Waals surface area (Å²) in [6.45, 7) is 1.80. The Morgan fingerprint density at radius 3 is 2.33 bits per heavy atom. The summed E-state index contributed by atoms with van der Waals surface area (Å²) in [6.07, 6.45) is 0.162. The van der Waals surface area contributed by atoms with E-state index in [0.717, 1.165) is 0 Å². The largest absolute Gasteiger partial charge is 0.388 e. The highest BCUT2D eigenvalue weighted by Crippen LogP contribution is 2.49. The molecular weight excluding hydrogens is 240 g/mol. The van der Waals surface area contributed by atoms with Crippen molar-refractivity contribution in [1.29, 1.82) is 0 Å². The third-order valence-corrected chi connectivity index (χ3v) is 4.44. The van der Waals surface area contributed by atoms with Crippen molar-refractivity contribution in [2.24, 2.45) is 0 Å². The quantitative estimate of drug-likeness (QED) is 0.618. The Kier molecular flexibility index (Phi) is 2.35. The van der Waals surface area contributed by atoms with E-state index in [0.29, 0.717) is 26.1 Å². The molecule has 4 fully saturated rings. The maximum absolute atomic E-state index is 10.7. The van der Waals surface area contributed by atoms with Crippen LogP contribution < -0.4 is 0 Å². The van der Waals surface area contributed by atoms with Crippen LogP contribution in [0.15, 0.2) is 0 Å². The number of hydrogen-bond donors (Lipinski definition) is 2. The van der Waals surface area contributed by atoms with E-state index in [1.807, 2.05) is 0 Å². The number of ether oxygens (including phenoxy) is 4. The Morgan fingerprint density at radius 2 is 1.67 bits per heavy atom. The van der Waals surface area contributed by atoms with Crippen LogP contribution >= 0.6 is 0 Å². The zero-order chi connectivity index (χ0) is 12.4. The molecule has 4 heterocycles. The molecule has 18 heavy (non-hydrogen) atoms. The van der Waals surface area contributed by atoms with Crippen LogP contribution in [0.3, 0.4) is 0 Å². The topological polar surface area (TPSA) is 84.0 Å². The lowest BCUT2D eigenvalue weighted by Crippen LogP contribution is -2.52. The molecule has 4 aliphatic heterocycles. The first kappa shape index (κ1) is 11.6. The minimum atomic E-state index is -1.05. The van der Waals surface area contributed by atoms with E-state index in [2.05, 4.69) is 0 Å². The highest BCUT2D eigenvalue weighted by Gasteiger charge is 2.67. The molecule has 6 heteroatoms. The molecule has 4 aliphatic rings. The monoisotopic (exact) mass is 258 g/mol. The Bertz CT molecular complexity index is 354. The van der Waals surface area contributed by atoms with E-state index in [1.54, 1.807) is 0 Å². The predicted molar refractivity (Wildman–Crippen MR) is 58.1 cm³/mol. The van der Waals surface area contributed by atoms with E-state index < -0.39 is 23.4 Å². The summed E-state index contributed by atoms with van der Waals surface area (Å²) in [5.74, 6) is 0. The second-order valence-corrected chi connectivity index (χ2v) is 5.90. The summed E-state index contributed by atoms with van der Waals surface area (Å²) < 4.78 is 21.9. The summed E-state index contributed by atoms with van der Waals surface area (Å²) >= 11 is 0. The summed E-state index contributed by atoms with van der Waals surface area (Å²) in [5.41, 5.74) is -1.85. The van der Waals surface area contributed by atoms with Gasteiger partial charge in [-0.25, -0.2) is 0 Å². The molecule has 2 unspecified atom stereocenters. The molecule has 0 spiro atoms. The molecule has 0 bridgehead atoms. The molecule has 0 aromatic carbocycles. The van der Waals surface area contributed by atoms with Crippen molar-refractivity contribution in [3.63, 3.8) is 0 Å². The second kappa shape index (κ2) is 3.65. The van der Waals surface area contributed by atoms with Gasteiger partial charge in [0.25, 0.3) is 0 Å². The van der Waals surface area contributed by atoms with Crippen LogP contribution in [-0.4, -0.2) is 72.3 Å². The van der Waals surface area contributed by atoms with Gasteiger partial charge >= 0.3 is 0 Å². The van der Waals surface area contributed by atoms with Gasteiger partial charge in [-0.15, -0.1) is 0 Å². The molecule has 4 saturated heterocycles. The van der Waals surface area contributed by atoms with Gasteiger partial charge in [0.05, 0.1) is 38.6 Å². The van der Waals surface area contributed by atoms with Crippen molar-refractivity contribution in [3.8, 4) is 0 Å². The zero-order valence-electron chi connectivity index (χ0n) is 10.1. The lowest BCUT2D eigenvalue weighted by atomic mass is 9.80. The molecule has 0 radical (unpaired) electrons. The van der Waals surface area contributed by atoms with E-state index in [9.17, 15) is 10.2 Å². The van der Waals surface area contributed by atoms with Gasteiger partial charge in [-0.2, -0.15) is 0 Å². The molecule has 0 saturated carbocycles. The SMILES string of the molecule is O[C@H]1CO[C@@H]2[C@@](O)(CC3CO3)CO[C@@]21CC1CO1. The maximum Gasteiger partial charge on any atom is 0.128 e. The molecule has 0 amide bonds. The van der Waals surface area contributed by atoms with Crippen molar-refractivity contribution < 1.29 is 29.2 Å². The van der Waals surface area contributed by atoms with Crippen LogP contribution in [0.2, 0.25) is 0 Å². The molecule has 0 aromatic heterocycles. The molecule has 6 nitrogen and oxygen atoms in total. The fourth-order valence-corrected chi connectivity index (χ4v) is 3.35. The minimum Gasteiger partial charge on any atom is -0.388 e. The fourth-order valence-electron chi connectivity index (χ4n) is 3.35. The van der Waals surface area contributed by atoms with E-state index >= 15 is 0 Å². The third-order valence-electron chi connectivity index (χ3n) is 4.44. The number of fused-ring (bicyclic) bond motifs is 1. The van der Waals surface area contributed by atoms with Crippen LogP contribution in [0.25, 0.3) is 0 Å². The Labute approximate surface area is 105 Å². The van der Waals surface area contributed by atoms with Crippen LogP contribution in [0.5, 0.6) is 0 Å². The summed E-state index contributed by atoms with van der Waals surface area (Å²) in [4.78, 5) is 0. The minimum absolute atomic E-state index is 0.105. The average Bonchev–Trinajstić information content (AvgIpc) is 3.21. The Morgan fingerprint density at radius 1 is 1.00 bits per heavy atom. The fraction of sp³-hybridized carbons (Fsp3) is 1.00. The molecule has 6 atom stereocenters. The first-order chi connectivity index (χ1) is 8.62. The lowest BCUT2D eigenvalue weighted by molar-refractivity contribution is -0.0862. The van der Waals surface area contributed by atoms with Gasteiger partial charge in [0.2, 0.25) is 0 Å². The Hall–Kier alpha value is -0.240. The lowest BCUT2D eigenvalue weighted by Gasteiger charge is -2.32. The van der Waals surface area contributed by atoms with Gasteiger partial charge in [-0.1, -0.05) is 0 Å².